The van der Waals surface area contributed by atoms with Crippen LogP contribution in [0.25, 0.3) is 11.1 Å². The minimum absolute atomic E-state index is 0. The van der Waals surface area contributed by atoms with Gasteiger partial charge in [0.1, 0.15) is 11.7 Å². The number of carbonyl (C=O) groups excluding carboxylic acids is 2. The van der Waals surface area contributed by atoms with E-state index in [1.54, 1.807) is 23.1 Å². The zero-order valence-corrected chi connectivity index (χ0v) is 34.7. The van der Waals surface area contributed by atoms with Crippen LogP contribution in [-0.4, -0.2) is 98.7 Å². The predicted octanol–water partition coefficient (Wildman–Crippen LogP) is 9.04. The van der Waals surface area contributed by atoms with Crippen LogP contribution < -0.4 is 10.2 Å². The normalized spacial score (nSPS) is 15.7. The maximum Gasteiger partial charge on any atom is 0.416 e. The lowest BCUT2D eigenvalue weighted by molar-refractivity contribution is -0.138. The molecule has 4 aromatic rings. The Hall–Kier alpha value is -5.24. The van der Waals surface area contributed by atoms with Crippen molar-refractivity contribution in [3.63, 3.8) is 0 Å². The first-order valence-corrected chi connectivity index (χ1v) is 19.6. The molecule has 2 aliphatic rings. The van der Waals surface area contributed by atoms with E-state index in [1.165, 1.54) is 60.4 Å². The maximum atomic E-state index is 12.8. The van der Waals surface area contributed by atoms with Crippen LogP contribution in [0.1, 0.15) is 66.9 Å². The number of benzene rings is 2. The first kappa shape index (κ1) is 50.4. The number of aromatic nitrogens is 2. The highest BCUT2D eigenvalue weighted by atomic mass is 35.5. The number of amides is 4. The Morgan fingerprint density at radius 1 is 0.794 bits per heavy atom. The highest BCUT2D eigenvalue weighted by Crippen LogP contribution is 2.34. The number of halogens is 8. The van der Waals surface area contributed by atoms with Crippen molar-refractivity contribution in [3.8, 4) is 0 Å². The molecule has 12 nitrogen and oxygen atoms in total. The summed E-state index contributed by atoms with van der Waals surface area (Å²) < 4.78 is 76.1. The highest BCUT2D eigenvalue weighted by molar-refractivity contribution is 6.32. The molecule has 4 amide bonds. The number of hydrogen-bond donors (Lipinski definition) is 5. The van der Waals surface area contributed by atoms with E-state index in [0.717, 1.165) is 35.4 Å². The largest absolute Gasteiger partial charge is 0.416 e. The van der Waals surface area contributed by atoms with Gasteiger partial charge in [0.15, 0.2) is 0 Å². The molecule has 2 aromatic carbocycles. The Morgan fingerprint density at radius 3 is 1.73 bits per heavy atom. The molecule has 0 radical (unpaired) electrons. The molecule has 2 aliphatic heterocycles. The van der Waals surface area contributed by atoms with Crippen molar-refractivity contribution in [2.75, 3.05) is 56.7 Å². The van der Waals surface area contributed by atoms with E-state index in [9.17, 15) is 51.3 Å². The molecule has 2 atom stereocenters. The Bertz CT molecular complexity index is 2290. The van der Waals surface area contributed by atoms with Crippen LogP contribution in [0.4, 0.5) is 47.3 Å². The molecular formula is C43H46Cl2F6N6O6. The van der Waals surface area contributed by atoms with Gasteiger partial charge < -0.3 is 35.5 Å². The lowest BCUT2D eigenvalue weighted by atomic mass is 9.97. The van der Waals surface area contributed by atoms with Crippen LogP contribution in [0.3, 0.4) is 0 Å². The third-order valence-corrected chi connectivity index (χ3v) is 10.7. The summed E-state index contributed by atoms with van der Waals surface area (Å²) in [7, 11) is 1.51. The van der Waals surface area contributed by atoms with Crippen LogP contribution in [0.15, 0.2) is 85.2 Å². The molecular weight excluding hydrogens is 881 g/mol. The summed E-state index contributed by atoms with van der Waals surface area (Å²) >= 11 is 12.6. The van der Waals surface area contributed by atoms with Crippen LogP contribution >= 0.6 is 23.2 Å². The number of alkyl halides is 6. The maximum absolute atomic E-state index is 12.8. The smallest absolute Gasteiger partial charge is 0.393 e. The third-order valence-electron chi connectivity index (χ3n) is 10.1. The van der Waals surface area contributed by atoms with Gasteiger partial charge in [0.2, 0.25) is 0 Å². The van der Waals surface area contributed by atoms with Crippen LogP contribution in [0.2, 0.25) is 10.0 Å². The van der Waals surface area contributed by atoms with Gasteiger partial charge in [-0.2, -0.15) is 26.3 Å². The van der Waals surface area contributed by atoms with E-state index < -0.39 is 54.4 Å². The number of carbonyl (C=O) groups is 2. The van der Waals surface area contributed by atoms with Gasteiger partial charge in [-0.05, 0) is 91.6 Å². The molecule has 63 heavy (non-hydrogen) atoms. The quantitative estimate of drug-likeness (QED) is 0.109. The molecule has 0 saturated carbocycles. The van der Waals surface area contributed by atoms with Crippen molar-refractivity contribution < 1.29 is 56.4 Å². The number of nitrogens with one attached hydrogen (secondary N) is 1. The molecule has 20 heteroatoms. The third kappa shape index (κ3) is 12.7. The molecule has 6 rings (SSSR count). The lowest BCUT2D eigenvalue weighted by Gasteiger charge is -2.31. The fraction of sp³-hybridized carbons (Fsp3) is 0.349. The van der Waals surface area contributed by atoms with Crippen LogP contribution in [0.5, 0.6) is 0 Å². The molecule has 4 heterocycles. The van der Waals surface area contributed by atoms with Gasteiger partial charge in [0.05, 0.1) is 45.8 Å². The summed E-state index contributed by atoms with van der Waals surface area (Å²) in [4.78, 5) is 38.1. The monoisotopic (exact) mass is 926 g/mol. The topological polar surface area (TPSA) is 163 Å². The van der Waals surface area contributed by atoms with Crippen molar-refractivity contribution in [1.82, 2.24) is 19.8 Å². The molecule has 0 saturated heterocycles. The van der Waals surface area contributed by atoms with Gasteiger partial charge in [-0.1, -0.05) is 42.8 Å². The minimum Gasteiger partial charge on any atom is -0.393 e. The Labute approximate surface area is 369 Å². The van der Waals surface area contributed by atoms with Crippen molar-refractivity contribution in [2.45, 2.75) is 51.2 Å². The summed E-state index contributed by atoms with van der Waals surface area (Å²) in [6.45, 7) is 1.85. The minimum atomic E-state index is -4.43. The fourth-order valence-electron chi connectivity index (χ4n) is 6.30. The van der Waals surface area contributed by atoms with Gasteiger partial charge in [-0.3, -0.25) is 14.9 Å². The number of urea groups is 2. The van der Waals surface area contributed by atoms with Gasteiger partial charge in [-0.25, -0.2) is 9.59 Å². The summed E-state index contributed by atoms with van der Waals surface area (Å²) in [6.07, 6.45) is -2.46. The molecule has 2 aromatic heterocycles. The summed E-state index contributed by atoms with van der Waals surface area (Å²) in [6, 6.07) is 11.0. The first-order chi connectivity index (χ1) is 29.1. The molecule has 0 bridgehead atoms. The molecule has 5 N–H and O–H groups in total. The number of nitrogens with zero attached hydrogens (tertiary/aromatic N) is 5. The Morgan fingerprint density at radius 2 is 1.29 bits per heavy atom. The second-order valence-corrected chi connectivity index (χ2v) is 15.3. The fourth-order valence-corrected chi connectivity index (χ4v) is 6.89. The molecule has 0 spiro atoms. The summed E-state index contributed by atoms with van der Waals surface area (Å²) in [5, 5.41) is 41.3. The number of pyridine rings is 2. The van der Waals surface area contributed by atoms with Crippen molar-refractivity contribution in [2.24, 2.45) is 0 Å². The van der Waals surface area contributed by atoms with E-state index >= 15 is 0 Å². The first-order valence-electron chi connectivity index (χ1n) is 18.9. The van der Waals surface area contributed by atoms with Crippen molar-refractivity contribution in [1.29, 1.82) is 0 Å². The van der Waals surface area contributed by atoms with Gasteiger partial charge >= 0.3 is 24.4 Å². The highest BCUT2D eigenvalue weighted by Gasteiger charge is 2.32. The number of anilines is 2. The standard InChI is InChI=1S/2C21H21ClF3N3O3.CH4/c1-27(16-4-2-15(3-5-16)21(23,24)25)20(31)28-8-6-13(7-9-28)19-17(22)10-14(11-26-19)18(30)12-29;1-20(31,12-29)15-10-17(22)18(26-11-15)13-6-8-28(9-7-13)19(30)27-16-4-2-14(3-5-16)21(23,24)25;/h2-6,10-11,18,29-30H,7-9,12H2,1H3;2-6,10-11,29,31H,7-9,12H2,1H3,(H,27,30);1H4/t18-;20-;/m10./s1. The van der Waals surface area contributed by atoms with E-state index in [-0.39, 0.29) is 32.2 Å². The molecule has 0 fully saturated rings. The van der Waals surface area contributed by atoms with Crippen molar-refractivity contribution in [3.05, 3.63) is 129 Å². The Balaban J connectivity index is 0.000000272. The SMILES string of the molecule is C.CN(C(=O)N1CC=C(c2ncc([C@H](O)CO)cc2Cl)CC1)c1ccc(C(F)(F)F)cc1.C[C@](O)(CO)c1cnc(C2=CCN(C(=O)Nc3ccc(C(F)(F)F)cc3)CC2)c(Cl)c1. The summed E-state index contributed by atoms with van der Waals surface area (Å²) in [5.74, 6) is 0. The lowest BCUT2D eigenvalue weighted by Crippen LogP contribution is -2.43. The number of aliphatic hydroxyl groups excluding tert-OH is 3. The van der Waals surface area contributed by atoms with E-state index in [4.69, 9.17) is 28.3 Å². The zero-order chi connectivity index (χ0) is 45.6. The number of aliphatic hydroxyl groups is 4. The van der Waals surface area contributed by atoms with Crippen LogP contribution in [-0.2, 0) is 18.0 Å². The van der Waals surface area contributed by atoms with Crippen LogP contribution in [0, 0.1) is 0 Å². The van der Waals surface area contributed by atoms with Gasteiger partial charge in [0, 0.05) is 68.1 Å². The van der Waals surface area contributed by atoms with Gasteiger partial charge in [-0.15, -0.1) is 0 Å². The van der Waals surface area contributed by atoms with Gasteiger partial charge in [0.25, 0.3) is 0 Å². The summed E-state index contributed by atoms with van der Waals surface area (Å²) in [5.41, 5.74) is 1.15. The Kier molecular flexibility index (Phi) is 16.8. The number of hydrogen-bond acceptors (Lipinski definition) is 8. The molecule has 0 aliphatic carbocycles. The van der Waals surface area contributed by atoms with Crippen molar-refractivity contribution >= 4 is 57.8 Å². The van der Waals surface area contributed by atoms with E-state index in [1.807, 2.05) is 6.08 Å². The molecule has 0 unspecified atom stereocenters. The number of rotatable bonds is 8. The second kappa shape index (κ2) is 21.0. The zero-order valence-electron chi connectivity index (χ0n) is 33.2. The second-order valence-electron chi connectivity index (χ2n) is 14.5. The van der Waals surface area contributed by atoms with E-state index in [0.29, 0.717) is 64.2 Å². The molecule has 340 valence electrons. The average Bonchev–Trinajstić information content (AvgIpc) is 3.25. The average molecular weight is 928 g/mol. The predicted molar refractivity (Wildman–Crippen MR) is 228 cm³/mol. The van der Waals surface area contributed by atoms with E-state index in [2.05, 4.69) is 15.3 Å².